The van der Waals surface area contributed by atoms with Gasteiger partial charge < -0.3 is 53.1 Å². The molecule has 0 saturated heterocycles. The van der Waals surface area contributed by atoms with Crippen LogP contribution in [0.5, 0.6) is 0 Å². The molecule has 0 aliphatic carbocycles. The molecular formula is C52H46Cl3F2LiN20O6. The summed E-state index contributed by atoms with van der Waals surface area (Å²) in [6.07, 6.45) is 25.2. The Labute approximate surface area is 501 Å². The van der Waals surface area contributed by atoms with Crippen molar-refractivity contribution >= 4 is 81.4 Å². The number of esters is 1. The molecule has 426 valence electrons. The number of nitrogens with one attached hydrogen (secondary N) is 1. The molecule has 0 aliphatic rings. The topological polar surface area (TPSA) is 314 Å². The molecule has 0 bridgehead atoms. The van der Waals surface area contributed by atoms with Crippen molar-refractivity contribution in [2.75, 3.05) is 6.61 Å². The fraction of sp³-hybridized carbons (Fsp3) is 0.135. The molecule has 5 N–H and O–H groups in total. The third-order valence-electron chi connectivity index (χ3n) is 11.8. The van der Waals surface area contributed by atoms with Crippen LogP contribution in [0.25, 0.3) is 28.0 Å². The third-order valence-corrected chi connectivity index (χ3v) is 12.4. The van der Waals surface area contributed by atoms with Gasteiger partial charge in [0, 0.05) is 62.3 Å². The maximum Gasteiger partial charge on any atom is 1.00 e. The van der Waals surface area contributed by atoms with E-state index in [0.717, 1.165) is 34.0 Å². The summed E-state index contributed by atoms with van der Waals surface area (Å²) in [6, 6.07) is 18.1. The molecule has 13 rings (SSSR count). The molecule has 0 atom stereocenters. The van der Waals surface area contributed by atoms with E-state index < -0.39 is 23.6 Å². The van der Waals surface area contributed by atoms with Crippen LogP contribution in [-0.2, 0) is 37.5 Å². The zero-order chi connectivity index (χ0) is 56.6. The molecule has 0 unspecified atom stereocenters. The summed E-state index contributed by atoms with van der Waals surface area (Å²) in [5.41, 5.74) is 12.3. The molecule has 0 saturated carbocycles. The number of halogens is 5. The van der Waals surface area contributed by atoms with E-state index in [-0.39, 0.29) is 82.7 Å². The summed E-state index contributed by atoms with van der Waals surface area (Å²) < 4.78 is 46.2. The smallest absolute Gasteiger partial charge is 0.870 e. The van der Waals surface area contributed by atoms with Crippen LogP contribution in [0.3, 0.4) is 0 Å². The first-order chi connectivity index (χ1) is 39.3. The number of aromatic nitrogens is 18. The molecule has 32 heteroatoms. The molecule has 0 aromatic carbocycles. The number of hydrogen-bond acceptors (Lipinski definition) is 16. The Morgan fingerprint density at radius 3 is 1.76 bits per heavy atom. The van der Waals surface area contributed by atoms with Gasteiger partial charge in [0.15, 0.2) is 28.7 Å². The molecular weight excluding hydrogens is 1150 g/mol. The van der Waals surface area contributed by atoms with Gasteiger partial charge >= 0.3 is 30.8 Å². The Kier molecular flexibility index (Phi) is 20.8. The van der Waals surface area contributed by atoms with Crippen LogP contribution >= 0.6 is 35.6 Å². The number of carbonyl (C=O) groups excluding carboxylic acids is 2. The fourth-order valence-corrected chi connectivity index (χ4v) is 8.41. The minimum Gasteiger partial charge on any atom is -0.870 e. The summed E-state index contributed by atoms with van der Waals surface area (Å²) >= 11 is 11.5. The predicted molar refractivity (Wildman–Crippen MR) is 297 cm³/mol. The van der Waals surface area contributed by atoms with Gasteiger partial charge in [0.1, 0.15) is 28.0 Å². The number of rotatable bonds is 13. The molecule has 13 aromatic heterocycles. The number of amides is 1. The standard InChI is InChI=1S/C20H15ClFN7O.C13H13N5O2.C11H9N5O2.C8H7ClFN3.ClH.Li.H2O/c21-14-4-6-29-12-25-15(19(29)18(14)22)7-23-20(30)16-10-27(11-24-16)8-13-9-28-5-2-1-3-17(28)26-13;1-2-20-13(19)11-8-17(9-14-11)6-10-7-18-12(16-10)4-3-5-15-18;17-11(18)9-7-16(14-13-9)6-8-5-15-4-2-1-3-10(15)12-8;9-5-1-2-13-4-12-6(3-11)8(13)7(5)10;;;/h1-6,9-12H,7-8H2,(H,23,30);3-5,7-9H,2,6H2,1H3;1-5,7H,6H2,(H,17,18);1-2,4H,3,11H2;1H;;1H2/q;;;;;+1;/p-1. The van der Waals surface area contributed by atoms with E-state index in [0.29, 0.717) is 48.8 Å². The van der Waals surface area contributed by atoms with Gasteiger partial charge in [-0.25, -0.2) is 62.5 Å². The third kappa shape index (κ3) is 14.4. The summed E-state index contributed by atoms with van der Waals surface area (Å²) in [6.45, 7) is 3.75. The van der Waals surface area contributed by atoms with E-state index in [1.165, 1.54) is 40.1 Å². The van der Waals surface area contributed by atoms with Crippen molar-refractivity contribution in [1.82, 2.24) is 91.5 Å². The van der Waals surface area contributed by atoms with Crippen molar-refractivity contribution < 1.29 is 57.3 Å². The zero-order valence-electron chi connectivity index (χ0n) is 44.3. The quantitative estimate of drug-likeness (QED) is 0.110. The average molecular weight is 1200 g/mol. The first kappa shape index (κ1) is 62.2. The molecule has 1 amide bonds. The van der Waals surface area contributed by atoms with Crippen LogP contribution in [0.2, 0.25) is 10.0 Å². The number of ether oxygens (including phenoxy) is 1. The molecule has 0 fully saturated rings. The van der Waals surface area contributed by atoms with Crippen molar-refractivity contribution in [3.63, 3.8) is 0 Å². The maximum atomic E-state index is 14.3. The zero-order valence-corrected chi connectivity index (χ0v) is 46.6. The van der Waals surface area contributed by atoms with Gasteiger partial charge in [-0.15, -0.1) is 17.5 Å². The van der Waals surface area contributed by atoms with E-state index in [1.54, 1.807) is 68.6 Å². The van der Waals surface area contributed by atoms with Gasteiger partial charge in [0.25, 0.3) is 5.91 Å². The van der Waals surface area contributed by atoms with Crippen LogP contribution in [-0.4, -0.2) is 121 Å². The summed E-state index contributed by atoms with van der Waals surface area (Å²) in [5.74, 6) is -2.92. The van der Waals surface area contributed by atoms with Crippen LogP contribution < -0.4 is 29.9 Å². The number of imidazole rings is 7. The minimum atomic E-state index is -1.09. The monoisotopic (exact) mass is 1200 g/mol. The Hall–Kier alpha value is -9.40. The molecule has 84 heavy (non-hydrogen) atoms. The number of pyridine rings is 4. The number of nitrogens with two attached hydrogens (primary N) is 1. The number of fused-ring (bicyclic) bond motifs is 5. The second-order valence-corrected chi connectivity index (χ2v) is 18.2. The Morgan fingerprint density at radius 1 is 0.643 bits per heavy atom. The van der Waals surface area contributed by atoms with Crippen LogP contribution in [0, 0.1) is 11.6 Å². The maximum absolute atomic E-state index is 14.3. The van der Waals surface area contributed by atoms with Crippen molar-refractivity contribution in [2.24, 2.45) is 5.73 Å². The van der Waals surface area contributed by atoms with Crippen molar-refractivity contribution in [1.29, 1.82) is 0 Å². The molecule has 0 aliphatic heterocycles. The SMILES string of the molecule is CCOC(=O)c1cn(Cc2cn3ncccc3n2)cn1.Cl.NCc1ncn2ccc(Cl)c(F)c12.O=C(NCc1ncn2ccc(Cl)c(F)c12)c1cn(Cc2cn3ccccc3n2)cn1.O=C(O)c1cn(Cc2cn3ccccc3n2)nn1.[Li+].[OH-]. The van der Waals surface area contributed by atoms with Crippen LogP contribution in [0.15, 0.2) is 154 Å². The van der Waals surface area contributed by atoms with Crippen molar-refractivity contribution in [3.8, 4) is 0 Å². The van der Waals surface area contributed by atoms with Gasteiger partial charge in [-0.1, -0.05) is 40.5 Å². The first-order valence-electron chi connectivity index (χ1n) is 24.4. The number of nitrogens with zero attached hydrogens (tertiary/aromatic N) is 18. The van der Waals surface area contributed by atoms with Gasteiger partial charge in [0.05, 0.1) is 109 Å². The number of carbonyl (C=O) groups is 3. The van der Waals surface area contributed by atoms with E-state index >= 15 is 0 Å². The van der Waals surface area contributed by atoms with Crippen LogP contribution in [0.1, 0.15) is 66.9 Å². The number of carboxylic acids is 1. The Balaban J connectivity index is 0.000000166. The summed E-state index contributed by atoms with van der Waals surface area (Å²) in [4.78, 5) is 64.3. The fourth-order valence-electron chi connectivity index (χ4n) is 8.12. The van der Waals surface area contributed by atoms with Crippen molar-refractivity contribution in [3.05, 3.63) is 221 Å². The van der Waals surface area contributed by atoms with E-state index in [1.807, 2.05) is 88.3 Å². The van der Waals surface area contributed by atoms with Crippen molar-refractivity contribution in [2.45, 2.75) is 39.6 Å². The first-order valence-corrected chi connectivity index (χ1v) is 25.1. The van der Waals surface area contributed by atoms with E-state index in [9.17, 15) is 23.2 Å². The largest absolute Gasteiger partial charge is 1.00 e. The van der Waals surface area contributed by atoms with E-state index in [2.05, 4.69) is 55.6 Å². The molecule has 26 nitrogen and oxygen atoms in total. The summed E-state index contributed by atoms with van der Waals surface area (Å²) in [7, 11) is 0. The second kappa shape index (κ2) is 28.0. The normalized spacial score (nSPS) is 10.7. The second-order valence-electron chi connectivity index (χ2n) is 17.4. The number of hydrogen-bond donors (Lipinski definition) is 3. The van der Waals surface area contributed by atoms with Gasteiger partial charge in [0.2, 0.25) is 0 Å². The Bertz CT molecular complexity index is 4280. The predicted octanol–water partition coefficient (Wildman–Crippen LogP) is 3.61. The molecule has 13 aromatic rings. The summed E-state index contributed by atoms with van der Waals surface area (Å²) in [5, 5.41) is 23.0. The van der Waals surface area contributed by atoms with Gasteiger partial charge in [-0.05, 0) is 55.5 Å². The number of aromatic carboxylic acids is 1. The van der Waals surface area contributed by atoms with Gasteiger partial charge in [-0.2, -0.15) is 5.10 Å². The van der Waals surface area contributed by atoms with Crippen LogP contribution in [0.4, 0.5) is 8.78 Å². The molecule has 0 spiro atoms. The minimum absolute atomic E-state index is 0. The van der Waals surface area contributed by atoms with Gasteiger partial charge in [-0.3, -0.25) is 4.79 Å². The van der Waals surface area contributed by atoms with E-state index in [4.69, 9.17) is 38.8 Å². The average Bonchev–Trinajstić information content (AvgIpc) is 4.03. The molecule has 13 heterocycles. The number of carboxylic acid groups (broad SMARTS) is 1. The molecule has 0 radical (unpaired) electrons. The Morgan fingerprint density at radius 2 is 1.19 bits per heavy atom.